The molecule has 1 saturated heterocycles. The lowest BCUT2D eigenvalue weighted by Gasteiger charge is -2.16. The van der Waals surface area contributed by atoms with Crippen molar-refractivity contribution in [1.29, 1.82) is 0 Å². The molecule has 21 heavy (non-hydrogen) atoms. The average Bonchev–Trinajstić information content (AvgIpc) is 3.05. The molecule has 1 unspecified atom stereocenters. The van der Waals surface area contributed by atoms with Crippen LogP contribution in [0.3, 0.4) is 0 Å². The minimum atomic E-state index is -3.34. The van der Waals surface area contributed by atoms with Gasteiger partial charge in [0.05, 0.1) is 5.75 Å². The van der Waals surface area contributed by atoms with Gasteiger partial charge in [-0.3, -0.25) is 4.90 Å². The number of likely N-dealkylation sites (tertiary alicyclic amines) is 1. The number of nitrogens with zero attached hydrogens (tertiary/aromatic N) is 2. The van der Waals surface area contributed by atoms with E-state index in [0.717, 1.165) is 37.1 Å². The van der Waals surface area contributed by atoms with Gasteiger partial charge in [-0.1, -0.05) is 6.92 Å². The molecule has 3 N–H and O–H groups in total. The van der Waals surface area contributed by atoms with Crippen molar-refractivity contribution in [3.63, 3.8) is 0 Å². The normalized spacial score (nSPS) is 23.6. The van der Waals surface area contributed by atoms with Crippen LogP contribution in [0.4, 0.5) is 10.8 Å². The lowest BCUT2D eigenvalue weighted by atomic mass is 10.3. The van der Waals surface area contributed by atoms with Crippen molar-refractivity contribution >= 4 is 32.2 Å². The molecule has 0 bridgehead atoms. The van der Waals surface area contributed by atoms with Crippen LogP contribution in [0.2, 0.25) is 0 Å². The third-order valence-electron chi connectivity index (χ3n) is 4.08. The van der Waals surface area contributed by atoms with E-state index in [0.29, 0.717) is 17.5 Å². The predicted octanol–water partition coefficient (Wildman–Crippen LogP) is 1.56. The Bertz CT molecular complexity index is 610. The van der Waals surface area contributed by atoms with E-state index in [-0.39, 0.29) is 16.5 Å². The molecule has 1 atom stereocenters. The number of sulfone groups is 1. The smallest absolute Gasteiger partial charge is 0.185 e. The Labute approximate surface area is 129 Å². The van der Waals surface area contributed by atoms with Crippen molar-refractivity contribution in [2.24, 2.45) is 0 Å². The molecule has 2 fully saturated rings. The summed E-state index contributed by atoms with van der Waals surface area (Å²) in [6.45, 7) is 3.93. The molecule has 3 rings (SSSR count). The van der Waals surface area contributed by atoms with Gasteiger partial charge in [-0.2, -0.15) is 4.37 Å². The van der Waals surface area contributed by atoms with Gasteiger partial charge in [-0.05, 0) is 37.2 Å². The number of hydrogen-bond acceptors (Lipinski definition) is 7. The van der Waals surface area contributed by atoms with Gasteiger partial charge < -0.3 is 11.1 Å². The molecule has 0 aromatic carbocycles. The molecular weight excluding hydrogens is 308 g/mol. The van der Waals surface area contributed by atoms with E-state index in [1.807, 2.05) is 6.92 Å². The molecule has 2 heterocycles. The van der Waals surface area contributed by atoms with Gasteiger partial charge in [0.25, 0.3) is 0 Å². The van der Waals surface area contributed by atoms with E-state index >= 15 is 0 Å². The third-order valence-corrected chi connectivity index (χ3v) is 6.98. The largest absolute Gasteiger partial charge is 0.382 e. The van der Waals surface area contributed by atoms with E-state index in [1.54, 1.807) is 0 Å². The molecule has 8 heteroatoms. The van der Waals surface area contributed by atoms with E-state index < -0.39 is 9.84 Å². The summed E-state index contributed by atoms with van der Waals surface area (Å²) in [6.07, 6.45) is 4.23. The molecule has 1 aromatic heterocycles. The maximum Gasteiger partial charge on any atom is 0.185 e. The average molecular weight is 330 g/mol. The lowest BCUT2D eigenvalue weighted by Crippen LogP contribution is -2.28. The van der Waals surface area contributed by atoms with Crippen LogP contribution in [0, 0.1) is 0 Å². The molecule has 0 spiro atoms. The highest BCUT2D eigenvalue weighted by Crippen LogP contribution is 2.35. The predicted molar refractivity (Wildman–Crippen MR) is 85.5 cm³/mol. The summed E-state index contributed by atoms with van der Waals surface area (Å²) in [4.78, 5) is 2.70. The molecule has 6 nitrogen and oxygen atoms in total. The standard InChI is InChI=1S/C13H22N4O2S2/c1-2-7-21(18,19)11-12(14)16-20-13(11)15-9-5-6-17(8-9)10-3-4-10/h9-10,15H,2-8H2,1H3,(H2,14,16). The minimum Gasteiger partial charge on any atom is -0.382 e. The van der Waals surface area contributed by atoms with Crippen molar-refractivity contribution in [2.75, 3.05) is 29.9 Å². The first kappa shape index (κ1) is 15.1. The van der Waals surface area contributed by atoms with Gasteiger partial charge >= 0.3 is 0 Å². The minimum absolute atomic E-state index is 0.114. The highest BCUT2D eigenvalue weighted by atomic mass is 32.2. The fraction of sp³-hybridized carbons (Fsp3) is 0.769. The fourth-order valence-corrected chi connectivity index (χ4v) is 5.60. The molecule has 0 radical (unpaired) electrons. The Balaban J connectivity index is 1.74. The van der Waals surface area contributed by atoms with Crippen LogP contribution < -0.4 is 11.1 Å². The fourth-order valence-electron chi connectivity index (χ4n) is 2.92. The molecule has 118 valence electrons. The molecule has 1 aliphatic heterocycles. The number of nitrogen functional groups attached to an aromatic ring is 1. The number of aromatic nitrogens is 1. The third kappa shape index (κ3) is 3.17. The number of nitrogens with two attached hydrogens (primary N) is 1. The number of rotatable bonds is 6. The quantitative estimate of drug-likeness (QED) is 0.823. The van der Waals surface area contributed by atoms with Crippen molar-refractivity contribution < 1.29 is 8.42 Å². The zero-order valence-corrected chi connectivity index (χ0v) is 13.8. The second-order valence-corrected chi connectivity index (χ2v) is 8.72. The zero-order chi connectivity index (χ0) is 15.0. The topological polar surface area (TPSA) is 88.3 Å². The highest BCUT2D eigenvalue weighted by molar-refractivity contribution is 7.91. The van der Waals surface area contributed by atoms with Crippen LogP contribution in [0.5, 0.6) is 0 Å². The lowest BCUT2D eigenvalue weighted by molar-refractivity contribution is 0.326. The van der Waals surface area contributed by atoms with Gasteiger partial charge in [0.15, 0.2) is 15.7 Å². The summed E-state index contributed by atoms with van der Waals surface area (Å²) in [5.74, 6) is 0.247. The van der Waals surface area contributed by atoms with Crippen molar-refractivity contribution in [2.45, 2.75) is 49.6 Å². The number of nitrogens with one attached hydrogen (secondary N) is 1. The Hall–Kier alpha value is -0.860. The summed E-state index contributed by atoms with van der Waals surface area (Å²) in [7, 11) is -3.34. The highest BCUT2D eigenvalue weighted by Gasteiger charge is 2.35. The first-order chi connectivity index (χ1) is 10.0. The Morgan fingerprint density at radius 3 is 2.86 bits per heavy atom. The maximum atomic E-state index is 12.3. The molecular formula is C13H22N4O2S2. The van der Waals surface area contributed by atoms with Crippen molar-refractivity contribution in [1.82, 2.24) is 9.27 Å². The number of anilines is 2. The van der Waals surface area contributed by atoms with Crippen molar-refractivity contribution in [3.05, 3.63) is 0 Å². The SMILES string of the molecule is CCCS(=O)(=O)c1c(N)nsc1NC1CCN(C2CC2)C1. The molecule has 1 saturated carbocycles. The first-order valence-electron chi connectivity index (χ1n) is 7.49. The number of hydrogen-bond donors (Lipinski definition) is 2. The van der Waals surface area contributed by atoms with E-state index in [2.05, 4.69) is 14.6 Å². The summed E-state index contributed by atoms with van der Waals surface area (Å²) in [5, 5.41) is 3.98. The van der Waals surface area contributed by atoms with E-state index in [9.17, 15) is 8.42 Å². The molecule has 0 amide bonds. The van der Waals surface area contributed by atoms with Crippen LogP contribution in [0.25, 0.3) is 0 Å². The van der Waals surface area contributed by atoms with Gasteiger partial charge in [0.2, 0.25) is 0 Å². The monoisotopic (exact) mass is 330 g/mol. The summed E-state index contributed by atoms with van der Waals surface area (Å²) in [5.41, 5.74) is 5.79. The van der Waals surface area contributed by atoms with Crippen LogP contribution >= 0.6 is 11.5 Å². The zero-order valence-electron chi connectivity index (χ0n) is 12.2. The van der Waals surface area contributed by atoms with E-state index in [1.165, 1.54) is 12.8 Å². The van der Waals surface area contributed by atoms with Gasteiger partial charge in [-0.15, -0.1) is 0 Å². The Morgan fingerprint density at radius 1 is 1.43 bits per heavy atom. The van der Waals surface area contributed by atoms with Crippen molar-refractivity contribution in [3.8, 4) is 0 Å². The van der Waals surface area contributed by atoms with Crippen LogP contribution in [0.1, 0.15) is 32.6 Å². The van der Waals surface area contributed by atoms with Gasteiger partial charge in [-0.25, -0.2) is 8.42 Å². The molecule has 2 aliphatic rings. The van der Waals surface area contributed by atoms with Gasteiger partial charge in [0.1, 0.15) is 9.90 Å². The summed E-state index contributed by atoms with van der Waals surface area (Å²) >= 11 is 1.16. The second-order valence-electron chi connectivity index (χ2n) is 5.90. The summed E-state index contributed by atoms with van der Waals surface area (Å²) in [6, 6.07) is 1.05. The van der Waals surface area contributed by atoms with Crippen LogP contribution in [0.15, 0.2) is 4.90 Å². The van der Waals surface area contributed by atoms with Crippen LogP contribution in [-0.2, 0) is 9.84 Å². The first-order valence-corrected chi connectivity index (χ1v) is 9.92. The maximum absolute atomic E-state index is 12.3. The molecule has 1 aliphatic carbocycles. The Kier molecular flexibility index (Phi) is 4.11. The molecule has 1 aromatic rings. The summed E-state index contributed by atoms with van der Waals surface area (Å²) < 4.78 is 28.7. The van der Waals surface area contributed by atoms with E-state index in [4.69, 9.17) is 5.73 Å². The Morgan fingerprint density at radius 2 is 2.19 bits per heavy atom. The van der Waals surface area contributed by atoms with Crippen LogP contribution in [-0.4, -0.2) is 48.6 Å². The second kappa shape index (κ2) is 5.73. The van der Waals surface area contributed by atoms with Gasteiger partial charge in [0, 0.05) is 25.2 Å².